The van der Waals surface area contributed by atoms with Crippen LogP contribution in [0.25, 0.3) is 0 Å². The molecule has 0 aromatic heterocycles. The van der Waals surface area contributed by atoms with Crippen molar-refractivity contribution in [2.75, 3.05) is 7.11 Å². The fourth-order valence-electron chi connectivity index (χ4n) is 2.22. The van der Waals surface area contributed by atoms with Crippen molar-refractivity contribution in [3.05, 3.63) is 35.4 Å². The molecule has 3 heteroatoms. The predicted octanol–water partition coefficient (Wildman–Crippen LogP) is 2.93. The van der Waals surface area contributed by atoms with Gasteiger partial charge in [0.1, 0.15) is 0 Å². The van der Waals surface area contributed by atoms with Gasteiger partial charge in [-0.25, -0.2) is 4.79 Å². The predicted molar refractivity (Wildman–Crippen MR) is 64.8 cm³/mol. The lowest BCUT2D eigenvalue weighted by Crippen LogP contribution is -2.11. The number of hydrogen-bond acceptors (Lipinski definition) is 3. The van der Waals surface area contributed by atoms with E-state index in [4.69, 9.17) is 9.47 Å². The Balaban J connectivity index is 2.01. The molecule has 1 fully saturated rings. The largest absolute Gasteiger partial charge is 0.465 e. The quantitative estimate of drug-likeness (QED) is 0.751. The number of carbonyl (C=O) groups is 1. The van der Waals surface area contributed by atoms with Gasteiger partial charge >= 0.3 is 5.97 Å². The third kappa shape index (κ3) is 3.07. The minimum Gasteiger partial charge on any atom is -0.465 e. The monoisotopic (exact) mass is 234 g/mol. The zero-order chi connectivity index (χ0) is 12.1. The van der Waals surface area contributed by atoms with Gasteiger partial charge in [-0.2, -0.15) is 0 Å². The number of hydrogen-bond donors (Lipinski definition) is 0. The number of esters is 1. The standard InChI is InChI=1S/C14H18O3/c1-16-14(15)13-9-5-2-6-11(13)10-17-12-7-3-4-8-12/h2,5-6,9,12H,3-4,7-8,10H2,1H3. The molecule has 1 aromatic rings. The highest BCUT2D eigenvalue weighted by atomic mass is 16.5. The molecule has 92 valence electrons. The number of benzene rings is 1. The van der Waals surface area contributed by atoms with E-state index in [0.29, 0.717) is 18.3 Å². The molecule has 0 spiro atoms. The van der Waals surface area contributed by atoms with Gasteiger partial charge in [0.2, 0.25) is 0 Å². The van der Waals surface area contributed by atoms with Gasteiger partial charge in [0.25, 0.3) is 0 Å². The summed E-state index contributed by atoms with van der Waals surface area (Å²) in [6.45, 7) is 0.496. The first-order valence-electron chi connectivity index (χ1n) is 6.09. The minimum atomic E-state index is -0.296. The van der Waals surface area contributed by atoms with Gasteiger partial charge in [0.05, 0.1) is 25.4 Å². The summed E-state index contributed by atoms with van der Waals surface area (Å²) < 4.78 is 10.6. The van der Waals surface area contributed by atoms with Crippen LogP contribution in [0.15, 0.2) is 24.3 Å². The number of rotatable bonds is 4. The van der Waals surface area contributed by atoms with Crippen LogP contribution in [-0.2, 0) is 16.1 Å². The molecule has 0 atom stereocenters. The van der Waals surface area contributed by atoms with E-state index in [2.05, 4.69) is 0 Å². The van der Waals surface area contributed by atoms with Gasteiger partial charge < -0.3 is 9.47 Å². The van der Waals surface area contributed by atoms with Crippen molar-refractivity contribution in [2.45, 2.75) is 38.4 Å². The van der Waals surface area contributed by atoms with Gasteiger partial charge in [-0.3, -0.25) is 0 Å². The smallest absolute Gasteiger partial charge is 0.338 e. The lowest BCUT2D eigenvalue weighted by Gasteiger charge is -2.13. The van der Waals surface area contributed by atoms with Crippen LogP contribution in [0, 0.1) is 0 Å². The first kappa shape index (κ1) is 12.1. The van der Waals surface area contributed by atoms with E-state index >= 15 is 0 Å². The first-order chi connectivity index (χ1) is 8.31. The molecule has 0 radical (unpaired) electrons. The Labute approximate surface area is 102 Å². The van der Waals surface area contributed by atoms with E-state index in [0.717, 1.165) is 18.4 Å². The van der Waals surface area contributed by atoms with Gasteiger partial charge in [-0.1, -0.05) is 31.0 Å². The Morgan fingerprint density at radius 1 is 1.29 bits per heavy atom. The van der Waals surface area contributed by atoms with Crippen LogP contribution >= 0.6 is 0 Å². The summed E-state index contributed by atoms with van der Waals surface area (Å²) in [6.07, 6.45) is 5.15. The van der Waals surface area contributed by atoms with Crippen LogP contribution in [0.1, 0.15) is 41.6 Å². The summed E-state index contributed by atoms with van der Waals surface area (Å²) in [4.78, 5) is 11.6. The van der Waals surface area contributed by atoms with Gasteiger partial charge in [-0.15, -0.1) is 0 Å². The van der Waals surface area contributed by atoms with Crippen molar-refractivity contribution >= 4 is 5.97 Å². The van der Waals surface area contributed by atoms with Crippen molar-refractivity contribution < 1.29 is 14.3 Å². The van der Waals surface area contributed by atoms with E-state index in [1.54, 1.807) is 6.07 Å². The molecule has 17 heavy (non-hydrogen) atoms. The lowest BCUT2D eigenvalue weighted by atomic mass is 10.1. The molecule has 0 amide bonds. The topological polar surface area (TPSA) is 35.5 Å². The van der Waals surface area contributed by atoms with Gasteiger partial charge in [0.15, 0.2) is 0 Å². The van der Waals surface area contributed by atoms with Crippen LogP contribution in [-0.4, -0.2) is 19.2 Å². The van der Waals surface area contributed by atoms with Crippen molar-refractivity contribution in [3.8, 4) is 0 Å². The molecule has 1 saturated carbocycles. The molecule has 3 nitrogen and oxygen atoms in total. The van der Waals surface area contributed by atoms with E-state index < -0.39 is 0 Å². The molecule has 2 rings (SSSR count). The average Bonchev–Trinajstić information content (AvgIpc) is 2.89. The number of ether oxygens (including phenoxy) is 2. The second kappa shape index (κ2) is 5.82. The second-order valence-corrected chi connectivity index (χ2v) is 4.37. The SMILES string of the molecule is COC(=O)c1ccccc1COC1CCCC1. The van der Waals surface area contributed by atoms with E-state index in [1.807, 2.05) is 18.2 Å². The highest BCUT2D eigenvalue weighted by molar-refractivity contribution is 5.90. The molecule has 0 heterocycles. The van der Waals surface area contributed by atoms with E-state index in [9.17, 15) is 4.79 Å². The summed E-state index contributed by atoms with van der Waals surface area (Å²) in [5.41, 5.74) is 1.51. The zero-order valence-corrected chi connectivity index (χ0v) is 10.1. The van der Waals surface area contributed by atoms with Crippen molar-refractivity contribution in [3.63, 3.8) is 0 Å². The average molecular weight is 234 g/mol. The van der Waals surface area contributed by atoms with Crippen molar-refractivity contribution in [1.82, 2.24) is 0 Å². The minimum absolute atomic E-state index is 0.296. The van der Waals surface area contributed by atoms with Crippen LogP contribution in [0.5, 0.6) is 0 Å². The Kier molecular flexibility index (Phi) is 4.15. The Bertz CT molecular complexity index is 381. The molecule has 0 aliphatic heterocycles. The fraction of sp³-hybridized carbons (Fsp3) is 0.500. The maximum atomic E-state index is 11.6. The van der Waals surface area contributed by atoms with Crippen molar-refractivity contribution in [1.29, 1.82) is 0 Å². The first-order valence-corrected chi connectivity index (χ1v) is 6.09. The summed E-state index contributed by atoms with van der Waals surface area (Å²) in [6, 6.07) is 7.45. The van der Waals surface area contributed by atoms with Crippen LogP contribution < -0.4 is 0 Å². The summed E-state index contributed by atoms with van der Waals surface area (Å²) in [5, 5.41) is 0. The number of methoxy groups -OCH3 is 1. The zero-order valence-electron chi connectivity index (χ0n) is 10.1. The Hall–Kier alpha value is -1.35. The van der Waals surface area contributed by atoms with Crippen LogP contribution in [0.3, 0.4) is 0 Å². The highest BCUT2D eigenvalue weighted by Gasteiger charge is 2.17. The summed E-state index contributed by atoms with van der Waals surface area (Å²) >= 11 is 0. The number of carbonyl (C=O) groups excluding carboxylic acids is 1. The maximum Gasteiger partial charge on any atom is 0.338 e. The molecule has 1 aliphatic carbocycles. The molecule has 0 unspecified atom stereocenters. The molecular weight excluding hydrogens is 216 g/mol. The summed E-state index contributed by atoms with van der Waals surface area (Å²) in [7, 11) is 1.40. The van der Waals surface area contributed by atoms with Crippen LogP contribution in [0.4, 0.5) is 0 Å². The van der Waals surface area contributed by atoms with Crippen molar-refractivity contribution in [2.24, 2.45) is 0 Å². The molecule has 1 aliphatic rings. The third-order valence-electron chi connectivity index (χ3n) is 3.20. The van der Waals surface area contributed by atoms with Crippen LogP contribution in [0.2, 0.25) is 0 Å². The second-order valence-electron chi connectivity index (χ2n) is 4.37. The fourth-order valence-corrected chi connectivity index (χ4v) is 2.22. The molecule has 0 bridgehead atoms. The normalized spacial score (nSPS) is 16.1. The maximum absolute atomic E-state index is 11.6. The van der Waals surface area contributed by atoms with Gasteiger partial charge in [0, 0.05) is 0 Å². The molecule has 0 saturated heterocycles. The molecule has 1 aromatic carbocycles. The molecular formula is C14H18O3. The third-order valence-corrected chi connectivity index (χ3v) is 3.20. The van der Waals surface area contributed by atoms with E-state index in [1.165, 1.54) is 20.0 Å². The molecule has 0 N–H and O–H groups in total. The highest BCUT2D eigenvalue weighted by Crippen LogP contribution is 2.22. The Morgan fingerprint density at radius 3 is 2.71 bits per heavy atom. The Morgan fingerprint density at radius 2 is 2.00 bits per heavy atom. The summed E-state index contributed by atoms with van der Waals surface area (Å²) in [5.74, 6) is -0.296. The van der Waals surface area contributed by atoms with Gasteiger partial charge in [-0.05, 0) is 24.5 Å². The van der Waals surface area contributed by atoms with E-state index in [-0.39, 0.29) is 5.97 Å². The lowest BCUT2D eigenvalue weighted by molar-refractivity contribution is 0.0431.